The van der Waals surface area contributed by atoms with Gasteiger partial charge in [-0.15, -0.1) is 0 Å². The third kappa shape index (κ3) is 69.8. The van der Waals surface area contributed by atoms with Gasteiger partial charge in [-0.3, -0.25) is 18.6 Å². The number of allylic oxidation sites excluding steroid dienone is 32. The van der Waals surface area contributed by atoms with E-state index in [1.165, 1.54) is 70.6 Å². The number of carbonyl (C=O) groups excluding carboxylic acids is 2. The van der Waals surface area contributed by atoms with Crippen LogP contribution in [0.15, 0.2) is 194 Å². The van der Waals surface area contributed by atoms with E-state index in [4.69, 9.17) is 24.3 Å². The lowest BCUT2D eigenvalue weighted by molar-refractivity contribution is -0.161. The first-order chi connectivity index (χ1) is 42.8. The molecule has 0 aromatic carbocycles. The summed E-state index contributed by atoms with van der Waals surface area (Å²) < 4.78 is 33.1. The molecule has 0 aliphatic rings. The Labute approximate surface area is 532 Å². The van der Waals surface area contributed by atoms with Crippen LogP contribution in [-0.4, -0.2) is 49.3 Å². The van der Waals surface area contributed by atoms with Crippen LogP contribution in [0.3, 0.4) is 0 Å². The summed E-state index contributed by atoms with van der Waals surface area (Å²) in [6, 6.07) is 0. The van der Waals surface area contributed by atoms with E-state index in [1.54, 1.807) is 0 Å². The van der Waals surface area contributed by atoms with Gasteiger partial charge in [0.1, 0.15) is 6.61 Å². The molecule has 0 aliphatic heterocycles. The van der Waals surface area contributed by atoms with Crippen molar-refractivity contribution in [2.75, 3.05) is 26.4 Å². The van der Waals surface area contributed by atoms with Crippen LogP contribution in [0.4, 0.5) is 0 Å². The largest absolute Gasteiger partial charge is 0.472 e. The summed E-state index contributed by atoms with van der Waals surface area (Å²) in [4.78, 5) is 35.3. The Morgan fingerprint density at radius 2 is 0.598 bits per heavy atom. The number of esters is 2. The number of unbranched alkanes of at least 4 members (excludes halogenated alkanes) is 16. The summed E-state index contributed by atoms with van der Waals surface area (Å²) in [5.41, 5.74) is 5.39. The zero-order valence-corrected chi connectivity index (χ0v) is 55.6. The molecule has 2 unspecified atom stereocenters. The van der Waals surface area contributed by atoms with Crippen LogP contribution in [0, 0.1) is 0 Å². The van der Waals surface area contributed by atoms with E-state index in [2.05, 4.69) is 208 Å². The highest BCUT2D eigenvalue weighted by atomic mass is 31.2. The first kappa shape index (κ1) is 81.8. The van der Waals surface area contributed by atoms with Crippen LogP contribution >= 0.6 is 7.82 Å². The second kappa shape index (κ2) is 69.9. The SMILES string of the molecule is CC/C=C\C/C=C\C/C=C\C/C=C\C/C=C\C/C=C\C/C=C\C/C=C\CCCCCCCCCCCCCCCCC(=O)OC(COC(=O)CCCC/C=C\C/C=C\C/C=C\C/C=C\C/C=C\C/C=C\C/C=C\C/C=C\CC)COP(=O)(O)OCCN. The van der Waals surface area contributed by atoms with Crippen LogP contribution in [0.25, 0.3) is 0 Å². The summed E-state index contributed by atoms with van der Waals surface area (Å²) in [7, 11) is -4.42. The predicted octanol–water partition coefficient (Wildman–Crippen LogP) is 22.5. The molecule has 9 nitrogen and oxygen atoms in total. The lowest BCUT2D eigenvalue weighted by atomic mass is 10.0. The number of nitrogens with two attached hydrogens (primary N) is 1. The standard InChI is InChI=1S/C77H122NO8P/c1-3-5-7-9-11-13-15-17-19-21-23-25-27-29-31-32-33-34-35-36-37-38-39-40-41-42-44-46-48-50-52-54-56-58-60-62-64-66-68-70-77(80)86-75(74-85-87(81,82)84-72-71-78)73-83-76(79)69-67-65-63-61-59-57-55-53-51-49-47-45-43-30-28-26-24-22-20-18-16-14-12-10-8-6-4-2/h5-8,11-14,17-20,23-26,29-31,33-34,36-37,39-40,43,47,49,53,55,59,61,75H,3-4,9-10,15-16,21-22,27-28,32,35,38,41-42,44-46,48,50-52,54,56-58,60,62-74,78H2,1-2H3,(H,81,82)/b7-5-,8-6-,13-11-,14-12-,19-17-,20-18-,25-23-,26-24-,31-29-,34-33-,37-36-,40-39-,43-30-,49-47-,55-53-,61-59-. The van der Waals surface area contributed by atoms with Gasteiger partial charge in [-0.05, 0) is 141 Å². The molecule has 0 bridgehead atoms. The zero-order valence-electron chi connectivity index (χ0n) is 54.7. The van der Waals surface area contributed by atoms with Crippen molar-refractivity contribution >= 4 is 19.8 Å². The molecule has 87 heavy (non-hydrogen) atoms. The summed E-state index contributed by atoms with van der Waals surface area (Å²) in [5, 5.41) is 0. The maximum atomic E-state index is 12.8. The van der Waals surface area contributed by atoms with Gasteiger partial charge in [-0.1, -0.05) is 285 Å². The van der Waals surface area contributed by atoms with Crippen molar-refractivity contribution in [3.63, 3.8) is 0 Å². The van der Waals surface area contributed by atoms with Gasteiger partial charge in [-0.25, -0.2) is 4.57 Å². The van der Waals surface area contributed by atoms with Crippen molar-refractivity contribution < 1.29 is 37.6 Å². The van der Waals surface area contributed by atoms with Crippen molar-refractivity contribution in [3.8, 4) is 0 Å². The van der Waals surface area contributed by atoms with Gasteiger partial charge < -0.3 is 20.1 Å². The second-order valence-corrected chi connectivity index (χ2v) is 23.0. The highest BCUT2D eigenvalue weighted by molar-refractivity contribution is 7.47. The monoisotopic (exact) mass is 1220 g/mol. The topological polar surface area (TPSA) is 134 Å². The van der Waals surface area contributed by atoms with Crippen molar-refractivity contribution in [1.82, 2.24) is 0 Å². The first-order valence-corrected chi connectivity index (χ1v) is 35.4. The number of hydrogen-bond acceptors (Lipinski definition) is 8. The number of phosphoric ester groups is 1. The van der Waals surface area contributed by atoms with E-state index in [0.717, 1.165) is 135 Å². The molecule has 0 amide bonds. The zero-order chi connectivity index (χ0) is 63.0. The molecular formula is C77H122NO8P. The van der Waals surface area contributed by atoms with Crippen molar-refractivity contribution in [2.24, 2.45) is 5.73 Å². The maximum absolute atomic E-state index is 12.8. The van der Waals surface area contributed by atoms with E-state index >= 15 is 0 Å². The highest BCUT2D eigenvalue weighted by Gasteiger charge is 2.26. The van der Waals surface area contributed by atoms with Gasteiger partial charge >= 0.3 is 19.8 Å². The molecule has 0 heterocycles. The molecular weight excluding hydrogens is 1100 g/mol. The molecule has 0 rings (SSSR count). The third-order valence-corrected chi connectivity index (χ3v) is 14.5. The van der Waals surface area contributed by atoms with Crippen molar-refractivity contribution in [3.05, 3.63) is 194 Å². The Kier molecular flexibility index (Phi) is 65.8. The molecule has 2 atom stereocenters. The Morgan fingerprint density at radius 1 is 0.345 bits per heavy atom. The maximum Gasteiger partial charge on any atom is 0.472 e. The number of phosphoric acid groups is 1. The molecule has 0 aromatic rings. The fraction of sp³-hybridized carbons (Fsp3) is 0.558. The summed E-state index contributed by atoms with van der Waals surface area (Å²) >= 11 is 0. The average Bonchev–Trinajstić information content (AvgIpc) is 3.64. The first-order valence-electron chi connectivity index (χ1n) is 33.9. The smallest absolute Gasteiger partial charge is 0.462 e. The minimum atomic E-state index is -4.42. The van der Waals surface area contributed by atoms with E-state index in [0.29, 0.717) is 12.8 Å². The third-order valence-electron chi connectivity index (χ3n) is 13.5. The van der Waals surface area contributed by atoms with Crippen molar-refractivity contribution in [2.45, 2.75) is 251 Å². The number of carbonyl (C=O) groups is 2. The molecule has 0 spiro atoms. The Hall–Kier alpha value is -5.15. The summed E-state index contributed by atoms with van der Waals surface area (Å²) in [6.45, 7) is 3.45. The lowest BCUT2D eigenvalue weighted by Gasteiger charge is -2.19. The highest BCUT2D eigenvalue weighted by Crippen LogP contribution is 2.43. The summed E-state index contributed by atoms with van der Waals surface area (Å²) in [6.07, 6.45) is 107. The van der Waals surface area contributed by atoms with Crippen LogP contribution in [0.5, 0.6) is 0 Å². The minimum Gasteiger partial charge on any atom is -0.462 e. The van der Waals surface area contributed by atoms with Gasteiger partial charge in [0.05, 0.1) is 13.2 Å². The molecule has 10 heteroatoms. The van der Waals surface area contributed by atoms with Crippen molar-refractivity contribution in [1.29, 1.82) is 0 Å². The van der Waals surface area contributed by atoms with Crippen LogP contribution in [-0.2, 0) is 32.7 Å². The summed E-state index contributed by atoms with van der Waals surface area (Å²) in [5.74, 6) is -0.891. The van der Waals surface area contributed by atoms with E-state index in [9.17, 15) is 19.0 Å². The molecule has 0 aromatic heterocycles. The van der Waals surface area contributed by atoms with E-state index < -0.39 is 32.5 Å². The molecule has 0 radical (unpaired) electrons. The van der Waals surface area contributed by atoms with E-state index in [1.807, 2.05) is 0 Å². The van der Waals surface area contributed by atoms with Gasteiger partial charge in [0.15, 0.2) is 6.10 Å². The quantitative estimate of drug-likeness (QED) is 0.0264. The predicted molar refractivity (Wildman–Crippen MR) is 375 cm³/mol. The molecule has 0 saturated heterocycles. The average molecular weight is 1220 g/mol. The van der Waals surface area contributed by atoms with Gasteiger partial charge in [0.2, 0.25) is 0 Å². The Balaban J connectivity index is 4.01. The fourth-order valence-corrected chi connectivity index (χ4v) is 9.31. The Morgan fingerprint density at radius 3 is 0.908 bits per heavy atom. The molecule has 3 N–H and O–H groups in total. The minimum absolute atomic E-state index is 0.0374. The fourth-order valence-electron chi connectivity index (χ4n) is 8.55. The van der Waals surface area contributed by atoms with Crippen LogP contribution in [0.1, 0.15) is 245 Å². The molecule has 488 valence electrons. The second-order valence-electron chi connectivity index (χ2n) is 21.6. The van der Waals surface area contributed by atoms with Crippen LogP contribution < -0.4 is 5.73 Å². The molecule has 0 fully saturated rings. The van der Waals surface area contributed by atoms with E-state index in [-0.39, 0.29) is 32.6 Å². The normalized spacial score (nSPS) is 14.2. The molecule has 0 saturated carbocycles. The van der Waals surface area contributed by atoms with Gasteiger partial charge in [0, 0.05) is 19.4 Å². The van der Waals surface area contributed by atoms with Gasteiger partial charge in [-0.2, -0.15) is 0 Å². The Bertz CT molecular complexity index is 2130. The van der Waals surface area contributed by atoms with Crippen LogP contribution in [0.2, 0.25) is 0 Å². The molecule has 0 aliphatic carbocycles. The number of hydrogen-bond donors (Lipinski definition) is 2. The number of ether oxygens (including phenoxy) is 2. The lowest BCUT2D eigenvalue weighted by Crippen LogP contribution is -2.29. The van der Waals surface area contributed by atoms with Gasteiger partial charge in [0.25, 0.3) is 0 Å². The number of rotatable bonds is 61.